The first kappa shape index (κ1) is 18.3. The fourth-order valence-corrected chi connectivity index (χ4v) is 3.11. The molecular weight excluding hydrogens is 282 g/mol. The molecule has 1 aromatic carbocycles. The maximum atomic E-state index is 5.69. The molecule has 1 atom stereocenters. The van der Waals surface area contributed by atoms with Crippen molar-refractivity contribution in [3.63, 3.8) is 0 Å². The van der Waals surface area contributed by atoms with E-state index in [4.69, 9.17) is 9.47 Å². The average molecular weight is 311 g/mol. The molecule has 0 amide bonds. The highest BCUT2D eigenvalue weighted by atomic mass is 32.2. The van der Waals surface area contributed by atoms with Gasteiger partial charge in [0.2, 0.25) is 0 Å². The van der Waals surface area contributed by atoms with Crippen LogP contribution in [0.4, 0.5) is 0 Å². The number of methoxy groups -OCH3 is 1. The summed E-state index contributed by atoms with van der Waals surface area (Å²) in [6, 6.07) is 8.86. The van der Waals surface area contributed by atoms with Crippen molar-refractivity contribution in [1.29, 1.82) is 0 Å². The Bertz CT molecular complexity index is 368. The molecule has 1 unspecified atom stereocenters. The quantitative estimate of drug-likeness (QED) is 0.628. The van der Waals surface area contributed by atoms with Crippen molar-refractivity contribution in [2.75, 3.05) is 31.8 Å². The van der Waals surface area contributed by atoms with Crippen molar-refractivity contribution in [3.05, 3.63) is 29.8 Å². The van der Waals surface area contributed by atoms with Gasteiger partial charge in [-0.1, -0.05) is 19.1 Å². The zero-order valence-electron chi connectivity index (χ0n) is 13.7. The molecule has 0 bridgehead atoms. The number of thioether (sulfide) groups is 1. The van der Waals surface area contributed by atoms with Crippen LogP contribution in [0.1, 0.15) is 38.8 Å². The molecule has 4 heteroatoms. The average Bonchev–Trinajstić information content (AvgIpc) is 2.46. The molecule has 3 nitrogen and oxygen atoms in total. The Morgan fingerprint density at radius 3 is 2.48 bits per heavy atom. The van der Waals surface area contributed by atoms with Crippen LogP contribution in [0, 0.1) is 0 Å². The van der Waals surface area contributed by atoms with E-state index in [2.05, 4.69) is 36.5 Å². The summed E-state index contributed by atoms with van der Waals surface area (Å²) < 4.78 is 10.8. The van der Waals surface area contributed by atoms with E-state index in [1.54, 1.807) is 7.11 Å². The molecule has 0 radical (unpaired) electrons. The maximum Gasteiger partial charge on any atom is 0.119 e. The van der Waals surface area contributed by atoms with Crippen LogP contribution in [0.2, 0.25) is 0 Å². The van der Waals surface area contributed by atoms with Crippen LogP contribution in [0.3, 0.4) is 0 Å². The second-order valence-electron chi connectivity index (χ2n) is 5.27. The van der Waals surface area contributed by atoms with Gasteiger partial charge in [0.15, 0.2) is 0 Å². The van der Waals surface area contributed by atoms with E-state index in [1.165, 1.54) is 5.56 Å². The van der Waals surface area contributed by atoms with Crippen LogP contribution in [0.15, 0.2) is 24.3 Å². The van der Waals surface area contributed by atoms with Crippen LogP contribution in [0.25, 0.3) is 0 Å². The topological polar surface area (TPSA) is 30.5 Å². The number of hydrogen-bond donors (Lipinski definition) is 1. The second-order valence-corrected chi connectivity index (χ2v) is 6.42. The van der Waals surface area contributed by atoms with Crippen molar-refractivity contribution in [2.24, 2.45) is 0 Å². The van der Waals surface area contributed by atoms with E-state index in [0.29, 0.717) is 6.04 Å². The summed E-state index contributed by atoms with van der Waals surface area (Å²) in [6.45, 7) is 8.07. The van der Waals surface area contributed by atoms with Crippen LogP contribution < -0.4 is 10.1 Å². The van der Waals surface area contributed by atoms with Crippen molar-refractivity contribution < 1.29 is 9.47 Å². The smallest absolute Gasteiger partial charge is 0.119 e. The zero-order valence-corrected chi connectivity index (χ0v) is 14.5. The van der Waals surface area contributed by atoms with Gasteiger partial charge in [-0.15, -0.1) is 0 Å². The van der Waals surface area contributed by atoms with Gasteiger partial charge in [0.1, 0.15) is 5.75 Å². The fraction of sp³-hybridized carbons (Fsp3) is 0.647. The van der Waals surface area contributed by atoms with E-state index in [0.717, 1.165) is 36.8 Å². The third-order valence-corrected chi connectivity index (χ3v) is 4.17. The minimum absolute atomic E-state index is 0.219. The molecule has 0 aliphatic heterocycles. The van der Waals surface area contributed by atoms with Gasteiger partial charge in [-0.25, -0.2) is 0 Å². The minimum Gasteiger partial charge on any atom is -0.491 e. The van der Waals surface area contributed by atoms with Crippen molar-refractivity contribution in [2.45, 2.75) is 39.3 Å². The second kappa shape index (κ2) is 10.9. The van der Waals surface area contributed by atoms with Gasteiger partial charge in [-0.3, -0.25) is 0 Å². The van der Waals surface area contributed by atoms with Gasteiger partial charge in [0.05, 0.1) is 6.10 Å². The van der Waals surface area contributed by atoms with Gasteiger partial charge in [-0.05, 0) is 50.3 Å². The summed E-state index contributed by atoms with van der Waals surface area (Å²) >= 11 is 1.98. The number of ether oxygens (including phenoxy) is 2. The monoisotopic (exact) mass is 311 g/mol. The summed E-state index contributed by atoms with van der Waals surface area (Å²) in [7, 11) is 1.76. The van der Waals surface area contributed by atoms with E-state index < -0.39 is 0 Å². The summed E-state index contributed by atoms with van der Waals surface area (Å²) in [5.74, 6) is 3.17. The lowest BCUT2D eigenvalue weighted by molar-refractivity contribution is 0.200. The number of nitrogens with one attached hydrogen (secondary N) is 1. The number of hydrogen-bond acceptors (Lipinski definition) is 4. The molecule has 21 heavy (non-hydrogen) atoms. The summed E-state index contributed by atoms with van der Waals surface area (Å²) in [4.78, 5) is 0. The normalized spacial score (nSPS) is 12.6. The lowest BCUT2D eigenvalue weighted by atomic mass is 10.1. The van der Waals surface area contributed by atoms with Gasteiger partial charge in [-0.2, -0.15) is 11.8 Å². The number of rotatable bonds is 11. The lowest BCUT2D eigenvalue weighted by Crippen LogP contribution is -2.23. The van der Waals surface area contributed by atoms with E-state index in [1.807, 2.05) is 25.6 Å². The predicted octanol–water partition coefficient (Wildman–Crippen LogP) is 3.89. The van der Waals surface area contributed by atoms with Crippen LogP contribution in [-0.2, 0) is 4.74 Å². The van der Waals surface area contributed by atoms with E-state index in [9.17, 15) is 0 Å². The SMILES string of the molecule is CCNC(CSCCCOC)c1ccc(OC(C)C)cc1. The first-order valence-electron chi connectivity index (χ1n) is 7.74. The highest BCUT2D eigenvalue weighted by Gasteiger charge is 2.10. The summed E-state index contributed by atoms with van der Waals surface area (Å²) in [5, 5.41) is 3.56. The van der Waals surface area contributed by atoms with Crippen molar-refractivity contribution in [1.82, 2.24) is 5.32 Å². The van der Waals surface area contributed by atoms with Gasteiger partial charge >= 0.3 is 0 Å². The molecule has 0 fully saturated rings. The first-order chi connectivity index (χ1) is 10.2. The molecule has 1 aromatic rings. The number of benzene rings is 1. The van der Waals surface area contributed by atoms with Gasteiger partial charge in [0, 0.05) is 25.5 Å². The largest absolute Gasteiger partial charge is 0.491 e. The molecule has 1 N–H and O–H groups in total. The van der Waals surface area contributed by atoms with E-state index >= 15 is 0 Å². The molecule has 0 aromatic heterocycles. The molecule has 120 valence electrons. The third kappa shape index (κ3) is 7.74. The highest BCUT2D eigenvalue weighted by Crippen LogP contribution is 2.22. The van der Waals surface area contributed by atoms with Crippen LogP contribution >= 0.6 is 11.8 Å². The molecular formula is C17H29NO2S. The van der Waals surface area contributed by atoms with Crippen molar-refractivity contribution in [3.8, 4) is 5.75 Å². The maximum absolute atomic E-state index is 5.69. The fourth-order valence-electron chi connectivity index (χ4n) is 2.08. The Hall–Kier alpha value is -0.710. The first-order valence-corrected chi connectivity index (χ1v) is 8.89. The van der Waals surface area contributed by atoms with Crippen LogP contribution in [0.5, 0.6) is 5.75 Å². The molecule has 0 saturated carbocycles. The Morgan fingerprint density at radius 1 is 1.19 bits per heavy atom. The Balaban J connectivity index is 2.50. The highest BCUT2D eigenvalue weighted by molar-refractivity contribution is 7.99. The summed E-state index contributed by atoms with van der Waals surface area (Å²) in [6.07, 6.45) is 1.33. The standard InChI is InChI=1S/C17H29NO2S/c1-5-18-17(13-21-12-6-11-19-4)15-7-9-16(10-8-15)20-14(2)3/h7-10,14,17-18H,5-6,11-13H2,1-4H3. The van der Waals surface area contributed by atoms with E-state index in [-0.39, 0.29) is 6.10 Å². The molecule has 0 aliphatic carbocycles. The molecule has 0 aliphatic rings. The Labute approximate surface area is 133 Å². The van der Waals surface area contributed by atoms with Crippen LogP contribution in [-0.4, -0.2) is 37.9 Å². The molecule has 0 saturated heterocycles. The zero-order chi connectivity index (χ0) is 15.5. The molecule has 1 rings (SSSR count). The van der Waals surface area contributed by atoms with Crippen molar-refractivity contribution >= 4 is 11.8 Å². The lowest BCUT2D eigenvalue weighted by Gasteiger charge is -2.19. The minimum atomic E-state index is 0.219. The molecule has 0 spiro atoms. The Morgan fingerprint density at radius 2 is 1.90 bits per heavy atom. The predicted molar refractivity (Wildman–Crippen MR) is 92.4 cm³/mol. The third-order valence-electron chi connectivity index (χ3n) is 3.03. The van der Waals surface area contributed by atoms with Gasteiger partial charge in [0.25, 0.3) is 0 Å². The van der Waals surface area contributed by atoms with Gasteiger partial charge < -0.3 is 14.8 Å². The molecule has 0 heterocycles. The Kier molecular flexibility index (Phi) is 9.55. The summed E-state index contributed by atoms with van der Waals surface area (Å²) in [5.41, 5.74) is 1.33.